The highest BCUT2D eigenvalue weighted by molar-refractivity contribution is 5.97. The van der Waals surface area contributed by atoms with Gasteiger partial charge in [0.15, 0.2) is 5.82 Å². The van der Waals surface area contributed by atoms with Crippen LogP contribution in [-0.4, -0.2) is 28.1 Å². The van der Waals surface area contributed by atoms with Crippen LogP contribution in [0.25, 0.3) is 0 Å². The first-order valence-electron chi connectivity index (χ1n) is 8.56. The SMILES string of the molecule is CC(C)c1cc(NC(=O)C(NC(=O)Cc2ccccc2)C(C)C)n[nH]1. The monoisotopic (exact) mass is 342 g/mol. The normalized spacial score (nSPS) is 12.2. The van der Waals surface area contributed by atoms with Gasteiger partial charge in [0.05, 0.1) is 6.42 Å². The van der Waals surface area contributed by atoms with Crippen LogP contribution in [0.3, 0.4) is 0 Å². The minimum Gasteiger partial charge on any atom is -0.344 e. The van der Waals surface area contributed by atoms with E-state index in [0.717, 1.165) is 11.3 Å². The van der Waals surface area contributed by atoms with Gasteiger partial charge in [-0.1, -0.05) is 58.0 Å². The van der Waals surface area contributed by atoms with Crippen molar-refractivity contribution in [3.8, 4) is 0 Å². The van der Waals surface area contributed by atoms with E-state index in [-0.39, 0.29) is 24.2 Å². The molecule has 134 valence electrons. The Morgan fingerprint density at radius 1 is 1.12 bits per heavy atom. The van der Waals surface area contributed by atoms with Gasteiger partial charge in [-0.05, 0) is 17.4 Å². The molecule has 0 aliphatic rings. The second kappa shape index (κ2) is 8.46. The lowest BCUT2D eigenvalue weighted by molar-refractivity contribution is -0.127. The zero-order chi connectivity index (χ0) is 18.4. The largest absolute Gasteiger partial charge is 0.344 e. The Labute approximate surface area is 148 Å². The molecule has 3 N–H and O–H groups in total. The van der Waals surface area contributed by atoms with Crippen molar-refractivity contribution in [3.05, 3.63) is 47.7 Å². The van der Waals surface area contributed by atoms with E-state index in [4.69, 9.17) is 0 Å². The van der Waals surface area contributed by atoms with Crippen molar-refractivity contribution in [2.75, 3.05) is 5.32 Å². The van der Waals surface area contributed by atoms with Crippen molar-refractivity contribution in [3.63, 3.8) is 0 Å². The van der Waals surface area contributed by atoms with Gasteiger partial charge < -0.3 is 10.6 Å². The second-order valence-corrected chi connectivity index (χ2v) is 6.80. The van der Waals surface area contributed by atoms with Crippen molar-refractivity contribution in [1.29, 1.82) is 0 Å². The summed E-state index contributed by atoms with van der Waals surface area (Å²) in [6, 6.07) is 10.7. The van der Waals surface area contributed by atoms with Gasteiger partial charge in [0.2, 0.25) is 11.8 Å². The van der Waals surface area contributed by atoms with Gasteiger partial charge in [-0.15, -0.1) is 0 Å². The van der Waals surface area contributed by atoms with Crippen LogP contribution in [0.1, 0.15) is 44.9 Å². The third-order valence-corrected chi connectivity index (χ3v) is 3.94. The van der Waals surface area contributed by atoms with Crippen molar-refractivity contribution in [2.24, 2.45) is 5.92 Å². The summed E-state index contributed by atoms with van der Waals surface area (Å²) in [4.78, 5) is 24.8. The summed E-state index contributed by atoms with van der Waals surface area (Å²) in [5.74, 6) is 0.285. The third-order valence-electron chi connectivity index (χ3n) is 3.94. The maximum atomic E-state index is 12.5. The van der Waals surface area contributed by atoms with Crippen LogP contribution >= 0.6 is 0 Å². The number of H-pyrrole nitrogens is 1. The van der Waals surface area contributed by atoms with Crippen molar-refractivity contribution in [2.45, 2.75) is 46.1 Å². The van der Waals surface area contributed by atoms with Gasteiger partial charge >= 0.3 is 0 Å². The second-order valence-electron chi connectivity index (χ2n) is 6.80. The average Bonchev–Trinajstić information content (AvgIpc) is 3.02. The Morgan fingerprint density at radius 2 is 1.80 bits per heavy atom. The number of nitrogens with one attached hydrogen (secondary N) is 3. The fourth-order valence-corrected chi connectivity index (χ4v) is 2.44. The van der Waals surface area contributed by atoms with Crippen molar-refractivity contribution in [1.82, 2.24) is 15.5 Å². The number of carbonyl (C=O) groups excluding carboxylic acids is 2. The Hall–Kier alpha value is -2.63. The summed E-state index contributed by atoms with van der Waals surface area (Å²) in [6.07, 6.45) is 0.247. The molecule has 2 rings (SSSR count). The predicted octanol–water partition coefficient (Wildman–Crippen LogP) is 2.86. The van der Waals surface area contributed by atoms with E-state index in [1.807, 2.05) is 64.1 Å². The Morgan fingerprint density at radius 3 is 2.36 bits per heavy atom. The average molecular weight is 342 g/mol. The third kappa shape index (κ3) is 5.45. The highest BCUT2D eigenvalue weighted by atomic mass is 16.2. The Balaban J connectivity index is 1.98. The zero-order valence-electron chi connectivity index (χ0n) is 15.2. The maximum absolute atomic E-state index is 12.5. The van der Waals surface area contributed by atoms with Gasteiger partial charge in [-0.3, -0.25) is 14.7 Å². The summed E-state index contributed by atoms with van der Waals surface area (Å²) < 4.78 is 0. The lowest BCUT2D eigenvalue weighted by Gasteiger charge is -2.21. The molecular formula is C19H26N4O2. The molecule has 0 aliphatic carbocycles. The first kappa shape index (κ1) is 18.7. The number of amides is 2. The summed E-state index contributed by atoms with van der Waals surface area (Å²) in [7, 11) is 0. The molecule has 6 heteroatoms. The van der Waals surface area contributed by atoms with Crippen LogP contribution in [0.5, 0.6) is 0 Å². The standard InChI is InChI=1S/C19H26N4O2/c1-12(2)15-11-16(23-22-15)20-19(25)18(13(3)4)21-17(24)10-14-8-6-5-7-9-14/h5-9,11-13,18H,10H2,1-4H3,(H,21,24)(H2,20,22,23,25). The van der Waals surface area contributed by atoms with E-state index in [1.54, 1.807) is 0 Å². The van der Waals surface area contributed by atoms with E-state index in [0.29, 0.717) is 11.7 Å². The van der Waals surface area contributed by atoms with E-state index in [9.17, 15) is 9.59 Å². The van der Waals surface area contributed by atoms with Crippen LogP contribution in [0.15, 0.2) is 36.4 Å². The minimum absolute atomic E-state index is 0.0387. The molecular weight excluding hydrogens is 316 g/mol. The Bertz CT molecular complexity index is 707. The Kier molecular flexibility index (Phi) is 6.33. The summed E-state index contributed by atoms with van der Waals surface area (Å²) in [5, 5.41) is 12.6. The topological polar surface area (TPSA) is 86.9 Å². The number of carbonyl (C=O) groups is 2. The fourth-order valence-electron chi connectivity index (χ4n) is 2.44. The number of nitrogens with zero attached hydrogens (tertiary/aromatic N) is 1. The molecule has 0 aliphatic heterocycles. The molecule has 0 spiro atoms. The zero-order valence-corrected chi connectivity index (χ0v) is 15.2. The molecule has 0 bridgehead atoms. The van der Waals surface area contributed by atoms with E-state index < -0.39 is 6.04 Å². The number of aromatic amines is 1. The summed E-state index contributed by atoms with van der Waals surface area (Å²) in [6.45, 7) is 7.88. The predicted molar refractivity (Wildman–Crippen MR) is 98.2 cm³/mol. The molecule has 6 nitrogen and oxygen atoms in total. The first-order valence-corrected chi connectivity index (χ1v) is 8.56. The van der Waals surface area contributed by atoms with Crippen molar-refractivity contribution < 1.29 is 9.59 Å². The molecule has 0 radical (unpaired) electrons. The number of aromatic nitrogens is 2. The molecule has 0 saturated carbocycles. The lowest BCUT2D eigenvalue weighted by Crippen LogP contribution is -2.47. The highest BCUT2D eigenvalue weighted by Crippen LogP contribution is 2.15. The van der Waals surface area contributed by atoms with Gasteiger partial charge in [-0.2, -0.15) is 5.10 Å². The summed E-state index contributed by atoms with van der Waals surface area (Å²) in [5.41, 5.74) is 1.86. The van der Waals surface area contributed by atoms with Crippen LogP contribution in [-0.2, 0) is 16.0 Å². The summed E-state index contributed by atoms with van der Waals surface area (Å²) >= 11 is 0. The molecule has 1 aromatic carbocycles. The van der Waals surface area contributed by atoms with Gasteiger partial charge in [0.1, 0.15) is 6.04 Å². The van der Waals surface area contributed by atoms with Crippen LogP contribution in [0.4, 0.5) is 5.82 Å². The van der Waals surface area contributed by atoms with Crippen LogP contribution < -0.4 is 10.6 Å². The first-order chi connectivity index (χ1) is 11.9. The number of benzene rings is 1. The van der Waals surface area contributed by atoms with Gasteiger partial charge in [0, 0.05) is 11.8 Å². The molecule has 1 heterocycles. The number of hydrogen-bond donors (Lipinski definition) is 3. The van der Waals surface area contributed by atoms with Crippen LogP contribution in [0.2, 0.25) is 0 Å². The molecule has 0 saturated heterocycles. The molecule has 1 atom stereocenters. The quantitative estimate of drug-likeness (QED) is 0.723. The van der Waals surface area contributed by atoms with E-state index in [1.165, 1.54) is 0 Å². The smallest absolute Gasteiger partial charge is 0.248 e. The number of rotatable bonds is 7. The molecule has 2 aromatic rings. The number of anilines is 1. The van der Waals surface area contributed by atoms with Crippen molar-refractivity contribution >= 4 is 17.6 Å². The molecule has 1 aromatic heterocycles. The molecule has 1 unspecified atom stereocenters. The van der Waals surface area contributed by atoms with E-state index in [2.05, 4.69) is 20.8 Å². The van der Waals surface area contributed by atoms with Gasteiger partial charge in [-0.25, -0.2) is 0 Å². The van der Waals surface area contributed by atoms with E-state index >= 15 is 0 Å². The van der Waals surface area contributed by atoms with Crippen LogP contribution in [0, 0.1) is 5.92 Å². The number of hydrogen-bond acceptors (Lipinski definition) is 3. The molecule has 0 fully saturated rings. The molecule has 25 heavy (non-hydrogen) atoms. The molecule has 2 amide bonds. The fraction of sp³-hybridized carbons (Fsp3) is 0.421. The maximum Gasteiger partial charge on any atom is 0.248 e. The minimum atomic E-state index is -0.615. The highest BCUT2D eigenvalue weighted by Gasteiger charge is 2.25. The van der Waals surface area contributed by atoms with Gasteiger partial charge in [0.25, 0.3) is 0 Å². The lowest BCUT2D eigenvalue weighted by atomic mass is 10.0.